The fourth-order valence-corrected chi connectivity index (χ4v) is 0.286. The number of carbonyl (C=O) groups is 3. The van der Waals surface area contributed by atoms with E-state index in [2.05, 4.69) is 9.47 Å². The lowest BCUT2D eigenvalue weighted by atomic mass is 10.7. The van der Waals surface area contributed by atoms with Crippen molar-refractivity contribution in [2.75, 3.05) is 13.2 Å². The molecule has 0 rings (SSSR count). The molecule has 0 aliphatic heterocycles. The van der Waals surface area contributed by atoms with E-state index < -0.39 is 25.2 Å². The van der Waals surface area contributed by atoms with E-state index in [4.69, 9.17) is 5.11 Å². The van der Waals surface area contributed by atoms with Gasteiger partial charge in [0.1, 0.15) is 0 Å². The lowest BCUT2D eigenvalue weighted by Gasteiger charge is -1.98. The van der Waals surface area contributed by atoms with E-state index in [1.54, 1.807) is 0 Å². The van der Waals surface area contributed by atoms with Gasteiger partial charge in [-0.05, 0) is 0 Å². The smallest absolute Gasteiger partial charge is 0.344 e. The normalized spacial score (nSPS) is 8.36. The van der Waals surface area contributed by atoms with E-state index in [0.717, 1.165) is 0 Å². The summed E-state index contributed by atoms with van der Waals surface area (Å²) in [6, 6.07) is 0. The number of carbonyl (C=O) groups excluding carboxylic acids is 2. The van der Waals surface area contributed by atoms with Gasteiger partial charge in [0, 0.05) is 0 Å². The van der Waals surface area contributed by atoms with Crippen LogP contribution in [0, 0.1) is 0 Å². The van der Waals surface area contributed by atoms with Crippen LogP contribution in [0.3, 0.4) is 0 Å². The van der Waals surface area contributed by atoms with Crippen LogP contribution in [0.5, 0.6) is 0 Å². The summed E-state index contributed by atoms with van der Waals surface area (Å²) in [5, 5.41) is 8.00. The Balaban J connectivity index is 3.37. The number of esters is 1. The lowest BCUT2D eigenvalue weighted by molar-refractivity contribution is -0.159. The zero-order valence-electron chi connectivity index (χ0n) is 5.48. The van der Waals surface area contributed by atoms with Gasteiger partial charge in [0.15, 0.2) is 13.2 Å². The Morgan fingerprint density at radius 3 is 2.45 bits per heavy atom. The Labute approximate surface area is 61.7 Å². The number of ether oxygens (including phenoxy) is 2. The Kier molecular flexibility index (Phi) is 4.46. The third-order valence-corrected chi connectivity index (χ3v) is 0.626. The summed E-state index contributed by atoms with van der Waals surface area (Å²) in [6.07, 6.45) is 0. The van der Waals surface area contributed by atoms with Crippen LogP contribution in [0.25, 0.3) is 0 Å². The second kappa shape index (κ2) is 5.21. The predicted molar refractivity (Wildman–Crippen MR) is 30.6 cm³/mol. The molecule has 0 spiro atoms. The molecule has 0 heterocycles. The summed E-state index contributed by atoms with van der Waals surface area (Å²) < 4.78 is 8.06. The second-order valence-electron chi connectivity index (χ2n) is 1.46. The predicted octanol–water partition coefficient (Wildman–Crippen LogP) is -1.21. The minimum absolute atomic E-state index is 0.0715. The van der Waals surface area contributed by atoms with Crippen molar-refractivity contribution < 1.29 is 29.0 Å². The van der Waals surface area contributed by atoms with Crippen LogP contribution in [-0.2, 0) is 23.9 Å². The third-order valence-electron chi connectivity index (χ3n) is 0.626. The van der Waals surface area contributed by atoms with Crippen molar-refractivity contribution in [3.63, 3.8) is 0 Å². The number of hydrogen-bond acceptors (Lipinski definition) is 5. The van der Waals surface area contributed by atoms with Crippen LogP contribution in [-0.4, -0.2) is 36.7 Å². The van der Waals surface area contributed by atoms with Crippen LogP contribution in [0.2, 0.25) is 0 Å². The van der Waals surface area contributed by atoms with Gasteiger partial charge < -0.3 is 14.6 Å². The molecule has 0 aromatic carbocycles. The Hall–Kier alpha value is -1.59. The zero-order valence-corrected chi connectivity index (χ0v) is 5.48. The highest BCUT2D eigenvalue weighted by atomic mass is 16.6. The topological polar surface area (TPSA) is 89.9 Å². The largest absolute Gasteiger partial charge is 0.479 e. The first-order chi connectivity index (χ1) is 5.16. The van der Waals surface area contributed by atoms with Crippen LogP contribution < -0.4 is 0 Å². The summed E-state index contributed by atoms with van der Waals surface area (Å²) in [7, 11) is 0. The molecule has 0 atom stereocenters. The number of aliphatic carboxylic acids is 1. The number of hydrogen-bond donors (Lipinski definition) is 1. The highest BCUT2D eigenvalue weighted by Crippen LogP contribution is 1.78. The number of carboxylic acids is 1. The minimum atomic E-state index is -1.26. The standard InChI is InChI=1S/C5H6O6/c6-3-10-2-5(9)11-1-4(7)8/h3H,1-2H2,(H,7,8). The van der Waals surface area contributed by atoms with E-state index in [0.29, 0.717) is 0 Å². The molecule has 11 heavy (non-hydrogen) atoms. The van der Waals surface area contributed by atoms with Gasteiger partial charge in [-0.3, -0.25) is 4.79 Å². The van der Waals surface area contributed by atoms with E-state index in [1.165, 1.54) is 0 Å². The molecule has 0 aliphatic carbocycles. The van der Waals surface area contributed by atoms with Gasteiger partial charge >= 0.3 is 11.9 Å². The molecule has 0 saturated heterocycles. The Morgan fingerprint density at radius 1 is 1.36 bits per heavy atom. The summed E-state index contributed by atoms with van der Waals surface area (Å²) in [5.41, 5.74) is 0. The molecule has 0 radical (unpaired) electrons. The van der Waals surface area contributed by atoms with E-state index in [9.17, 15) is 14.4 Å². The van der Waals surface area contributed by atoms with Crippen LogP contribution in [0.15, 0.2) is 0 Å². The summed E-state index contributed by atoms with van der Waals surface area (Å²) in [5.74, 6) is -2.15. The monoisotopic (exact) mass is 162 g/mol. The molecule has 62 valence electrons. The first-order valence-corrected chi connectivity index (χ1v) is 2.59. The average molecular weight is 162 g/mol. The summed E-state index contributed by atoms with van der Waals surface area (Å²) >= 11 is 0. The highest BCUT2D eigenvalue weighted by Gasteiger charge is 2.04. The van der Waals surface area contributed by atoms with Gasteiger partial charge in [0.05, 0.1) is 0 Å². The first-order valence-electron chi connectivity index (χ1n) is 2.59. The van der Waals surface area contributed by atoms with Gasteiger partial charge in [-0.15, -0.1) is 0 Å². The highest BCUT2D eigenvalue weighted by molar-refractivity contribution is 5.76. The quantitative estimate of drug-likeness (QED) is 0.402. The third kappa shape index (κ3) is 6.29. The van der Waals surface area contributed by atoms with E-state index in [-0.39, 0.29) is 6.47 Å². The van der Waals surface area contributed by atoms with Crippen LogP contribution in [0.4, 0.5) is 0 Å². The average Bonchev–Trinajstić information content (AvgIpc) is 1.97. The second-order valence-corrected chi connectivity index (χ2v) is 1.46. The Morgan fingerprint density at radius 2 is 2.00 bits per heavy atom. The molecule has 6 heteroatoms. The molecule has 0 unspecified atom stereocenters. The number of carboxylic acid groups (broad SMARTS) is 1. The van der Waals surface area contributed by atoms with Crippen LogP contribution in [0.1, 0.15) is 0 Å². The van der Waals surface area contributed by atoms with Crippen molar-refractivity contribution in [1.29, 1.82) is 0 Å². The molecule has 0 fully saturated rings. The first kappa shape index (κ1) is 9.41. The van der Waals surface area contributed by atoms with Gasteiger partial charge in [0.25, 0.3) is 6.47 Å². The molecule has 0 amide bonds. The Bertz CT molecular complexity index is 162. The van der Waals surface area contributed by atoms with Crippen molar-refractivity contribution in [2.45, 2.75) is 0 Å². The molecule has 0 aliphatic rings. The molecular formula is C5H6O6. The lowest BCUT2D eigenvalue weighted by Crippen LogP contribution is -2.17. The maximum Gasteiger partial charge on any atom is 0.344 e. The molecule has 0 saturated carbocycles. The van der Waals surface area contributed by atoms with Crippen LogP contribution >= 0.6 is 0 Å². The summed E-state index contributed by atoms with van der Waals surface area (Å²) in [4.78, 5) is 29.6. The van der Waals surface area contributed by atoms with Crippen molar-refractivity contribution in [3.8, 4) is 0 Å². The number of rotatable bonds is 5. The maximum absolute atomic E-state index is 10.3. The molecular weight excluding hydrogens is 156 g/mol. The minimum Gasteiger partial charge on any atom is -0.479 e. The zero-order chi connectivity index (χ0) is 8.69. The van der Waals surface area contributed by atoms with Crippen molar-refractivity contribution >= 4 is 18.4 Å². The molecule has 0 aromatic heterocycles. The van der Waals surface area contributed by atoms with Crippen molar-refractivity contribution in [3.05, 3.63) is 0 Å². The van der Waals surface area contributed by atoms with Gasteiger partial charge in [-0.2, -0.15) is 0 Å². The molecule has 6 nitrogen and oxygen atoms in total. The van der Waals surface area contributed by atoms with E-state index in [1.807, 2.05) is 0 Å². The summed E-state index contributed by atoms with van der Waals surface area (Å²) in [6.45, 7) is -1.21. The van der Waals surface area contributed by atoms with Crippen molar-refractivity contribution in [2.24, 2.45) is 0 Å². The maximum atomic E-state index is 10.3. The SMILES string of the molecule is O=COCC(=O)OCC(=O)O. The van der Waals surface area contributed by atoms with Gasteiger partial charge in [0.2, 0.25) is 0 Å². The van der Waals surface area contributed by atoms with Gasteiger partial charge in [-0.1, -0.05) is 0 Å². The molecule has 0 bridgehead atoms. The molecule has 1 N–H and O–H groups in total. The van der Waals surface area contributed by atoms with E-state index >= 15 is 0 Å². The fourth-order valence-electron chi connectivity index (χ4n) is 0.286. The van der Waals surface area contributed by atoms with Gasteiger partial charge in [-0.25, -0.2) is 9.59 Å². The van der Waals surface area contributed by atoms with Crippen molar-refractivity contribution in [1.82, 2.24) is 0 Å². The fraction of sp³-hybridized carbons (Fsp3) is 0.400. The molecule has 0 aromatic rings.